The number of rotatable bonds is 4. The molecule has 184 valence electrons. The quantitative estimate of drug-likeness (QED) is 0.299. The Labute approximate surface area is 220 Å². The van der Waals surface area contributed by atoms with Crippen LogP contribution in [-0.2, 0) is 13.2 Å². The Morgan fingerprint density at radius 3 is 2.30 bits per heavy atom. The molecule has 0 saturated heterocycles. The number of halogens is 1. The number of aryl methyl sites for hydroxylation is 1. The fourth-order valence-electron chi connectivity index (χ4n) is 4.08. The van der Waals surface area contributed by atoms with Crippen molar-refractivity contribution in [1.82, 2.24) is 14.8 Å². The number of hydrogen-bond acceptors (Lipinski definition) is 5. The topological polar surface area (TPSA) is 72.5 Å². The highest BCUT2D eigenvalue weighted by atomic mass is 35.5. The minimum absolute atomic E-state index is 0.252. The van der Waals surface area contributed by atoms with Gasteiger partial charge < -0.3 is 9.84 Å². The van der Waals surface area contributed by atoms with E-state index in [1.165, 1.54) is 0 Å². The first-order chi connectivity index (χ1) is 18.1. The van der Waals surface area contributed by atoms with E-state index in [1.807, 2.05) is 78.2 Å². The Bertz CT molecular complexity index is 1520. The van der Waals surface area contributed by atoms with Crippen molar-refractivity contribution in [3.63, 3.8) is 0 Å². The number of benzene rings is 4. The predicted molar refractivity (Wildman–Crippen MR) is 146 cm³/mol. The van der Waals surface area contributed by atoms with Gasteiger partial charge in [-0.2, -0.15) is 0 Å². The van der Waals surface area contributed by atoms with Crippen LogP contribution < -0.4 is 4.74 Å². The summed E-state index contributed by atoms with van der Waals surface area (Å²) in [5.74, 6) is 2.70. The molecular weight excluding hydrogens is 484 g/mol. The van der Waals surface area contributed by atoms with Gasteiger partial charge >= 0.3 is 0 Å². The number of ether oxygens (including phenoxy) is 1. The lowest BCUT2D eigenvalue weighted by Gasteiger charge is -2.12. The highest BCUT2D eigenvalue weighted by Gasteiger charge is 2.21. The van der Waals surface area contributed by atoms with E-state index in [2.05, 4.69) is 22.3 Å². The van der Waals surface area contributed by atoms with Gasteiger partial charge in [-0.05, 0) is 55.0 Å². The molecule has 5 aromatic rings. The molecule has 6 nitrogen and oxygen atoms in total. The summed E-state index contributed by atoms with van der Waals surface area (Å²) < 4.78 is 7.58. The lowest BCUT2D eigenvalue weighted by molar-refractivity contribution is 0.305. The van der Waals surface area contributed by atoms with Crippen molar-refractivity contribution < 1.29 is 9.84 Å². The first-order valence-corrected chi connectivity index (χ1v) is 12.2. The summed E-state index contributed by atoms with van der Waals surface area (Å²) in [7, 11) is 0. The highest BCUT2D eigenvalue weighted by molar-refractivity contribution is 6.31. The zero-order valence-corrected chi connectivity index (χ0v) is 21.0. The van der Waals surface area contributed by atoms with Crippen molar-refractivity contribution in [1.29, 1.82) is 0 Å². The molecule has 0 radical (unpaired) electrons. The van der Waals surface area contributed by atoms with Gasteiger partial charge in [0.05, 0.1) is 11.4 Å². The van der Waals surface area contributed by atoms with Gasteiger partial charge in [0.15, 0.2) is 5.82 Å². The smallest absolute Gasteiger partial charge is 0.159 e. The summed E-state index contributed by atoms with van der Waals surface area (Å²) in [6, 6.07) is 32.7. The van der Waals surface area contributed by atoms with E-state index in [9.17, 15) is 0 Å². The molecule has 2 heterocycles. The maximum absolute atomic E-state index is 9.09. The molecule has 37 heavy (non-hydrogen) atoms. The van der Waals surface area contributed by atoms with E-state index < -0.39 is 0 Å². The monoisotopic (exact) mass is 508 g/mol. The minimum Gasteiger partial charge on any atom is -0.508 e. The first-order valence-electron chi connectivity index (χ1n) is 11.9. The molecule has 0 amide bonds. The molecule has 1 aliphatic rings. The Morgan fingerprint density at radius 2 is 1.57 bits per heavy atom. The number of phenolic OH excluding ortho intramolecular Hbond substituents is 1. The number of fused-ring (bicyclic) bond motifs is 3. The van der Waals surface area contributed by atoms with Gasteiger partial charge in [-0.3, -0.25) is 9.56 Å². The normalized spacial score (nSPS) is 11.8. The van der Waals surface area contributed by atoms with Crippen LogP contribution in [-0.4, -0.2) is 25.6 Å². The Hall–Kier alpha value is -4.42. The van der Waals surface area contributed by atoms with Crippen LogP contribution in [0.2, 0.25) is 5.02 Å². The van der Waals surface area contributed by atoms with Crippen LogP contribution in [0, 0.1) is 6.92 Å². The Morgan fingerprint density at radius 1 is 0.865 bits per heavy atom. The van der Waals surface area contributed by atoms with Gasteiger partial charge in [0, 0.05) is 16.1 Å². The van der Waals surface area contributed by atoms with Crippen LogP contribution in [0.15, 0.2) is 108 Å². The molecule has 4 aromatic carbocycles. The van der Waals surface area contributed by atoms with Crippen LogP contribution in [0.3, 0.4) is 0 Å². The molecule has 0 spiro atoms. The summed E-state index contributed by atoms with van der Waals surface area (Å²) in [5, 5.41) is 18.2. The van der Waals surface area contributed by atoms with Crippen molar-refractivity contribution in [3.8, 4) is 17.2 Å². The SMILES string of the molecule is Cc1nnc2n1-c1ccc(Cl)cc1C(c1ccccc1)=NC2.Oc1ccc(OCc2ccccc2)cc1. The van der Waals surface area contributed by atoms with Gasteiger partial charge in [0.2, 0.25) is 0 Å². The molecule has 0 aliphatic carbocycles. The molecular formula is C30H25ClN4O2. The summed E-state index contributed by atoms with van der Waals surface area (Å²) in [5.41, 5.74) is 5.15. The summed E-state index contributed by atoms with van der Waals surface area (Å²) in [6.45, 7) is 2.99. The molecule has 1 N–H and O–H groups in total. The maximum Gasteiger partial charge on any atom is 0.159 e. The molecule has 1 aromatic heterocycles. The van der Waals surface area contributed by atoms with Crippen molar-refractivity contribution in [2.45, 2.75) is 20.1 Å². The number of aromatic nitrogens is 3. The Kier molecular flexibility index (Phi) is 7.28. The molecule has 7 heteroatoms. The van der Waals surface area contributed by atoms with Gasteiger partial charge in [-0.1, -0.05) is 72.3 Å². The largest absolute Gasteiger partial charge is 0.508 e. The van der Waals surface area contributed by atoms with Gasteiger partial charge in [-0.15, -0.1) is 10.2 Å². The van der Waals surface area contributed by atoms with Crippen LogP contribution in [0.5, 0.6) is 11.5 Å². The first kappa shape index (κ1) is 24.3. The molecule has 0 fully saturated rings. The van der Waals surface area contributed by atoms with Crippen molar-refractivity contribution in [2.24, 2.45) is 4.99 Å². The lowest BCUT2D eigenvalue weighted by atomic mass is 10.0. The standard InChI is InChI=1S/C17H13ClN4.C13H12O2/c1-11-20-21-16-10-19-17(12-5-3-2-4-6-12)14-9-13(18)7-8-15(14)22(11)16;14-12-6-8-13(9-7-12)15-10-11-4-2-1-3-5-11/h2-9H,10H2,1H3;1-9,14H,10H2. The van der Waals surface area contributed by atoms with E-state index in [-0.39, 0.29) is 5.75 Å². The van der Waals surface area contributed by atoms with Gasteiger partial charge in [-0.25, -0.2) is 0 Å². The van der Waals surface area contributed by atoms with Crippen LogP contribution >= 0.6 is 11.6 Å². The third-order valence-corrected chi connectivity index (χ3v) is 6.09. The highest BCUT2D eigenvalue weighted by Crippen LogP contribution is 2.28. The van der Waals surface area contributed by atoms with Crippen molar-refractivity contribution in [3.05, 3.63) is 136 Å². The molecule has 1 aliphatic heterocycles. The number of phenols is 1. The molecule has 0 unspecified atom stereocenters. The number of hydrogen-bond donors (Lipinski definition) is 1. The fraction of sp³-hybridized carbons (Fsp3) is 0.100. The third-order valence-electron chi connectivity index (χ3n) is 5.86. The number of aliphatic imine (C=N–C) groups is 1. The van der Waals surface area contributed by atoms with Gasteiger partial charge in [0.1, 0.15) is 30.5 Å². The van der Waals surface area contributed by atoms with E-state index >= 15 is 0 Å². The lowest BCUT2D eigenvalue weighted by Crippen LogP contribution is -2.08. The minimum atomic E-state index is 0.252. The number of aromatic hydroxyl groups is 1. The fourth-order valence-corrected chi connectivity index (χ4v) is 4.25. The summed E-state index contributed by atoms with van der Waals surface area (Å²) in [6.07, 6.45) is 0. The number of nitrogens with zero attached hydrogens (tertiary/aromatic N) is 4. The maximum atomic E-state index is 9.09. The molecule has 0 atom stereocenters. The second-order valence-corrected chi connectivity index (χ2v) is 8.90. The van der Waals surface area contributed by atoms with Crippen LogP contribution in [0.4, 0.5) is 0 Å². The zero-order valence-electron chi connectivity index (χ0n) is 20.3. The zero-order chi connectivity index (χ0) is 25.6. The van der Waals surface area contributed by atoms with E-state index in [0.717, 1.165) is 45.5 Å². The van der Waals surface area contributed by atoms with Crippen LogP contribution in [0.1, 0.15) is 28.3 Å². The second kappa shape index (κ2) is 11.1. The van der Waals surface area contributed by atoms with E-state index in [0.29, 0.717) is 18.2 Å². The summed E-state index contributed by atoms with van der Waals surface area (Å²) in [4.78, 5) is 4.77. The average Bonchev–Trinajstić information content (AvgIpc) is 3.21. The van der Waals surface area contributed by atoms with E-state index in [4.69, 9.17) is 26.4 Å². The van der Waals surface area contributed by atoms with Crippen LogP contribution in [0.25, 0.3) is 5.69 Å². The molecule has 0 bridgehead atoms. The average molecular weight is 509 g/mol. The molecule has 6 rings (SSSR count). The third kappa shape index (κ3) is 5.71. The van der Waals surface area contributed by atoms with Gasteiger partial charge in [0.25, 0.3) is 0 Å². The van der Waals surface area contributed by atoms with Crippen molar-refractivity contribution in [2.75, 3.05) is 0 Å². The van der Waals surface area contributed by atoms with Crippen molar-refractivity contribution >= 4 is 17.3 Å². The predicted octanol–water partition coefficient (Wildman–Crippen LogP) is 6.55. The second-order valence-electron chi connectivity index (χ2n) is 8.46. The van der Waals surface area contributed by atoms with E-state index in [1.54, 1.807) is 24.3 Å². The summed E-state index contributed by atoms with van der Waals surface area (Å²) >= 11 is 6.23. The Balaban J connectivity index is 0.000000164. The molecule has 0 saturated carbocycles.